The molecule has 1 aromatic carbocycles. The summed E-state index contributed by atoms with van der Waals surface area (Å²) < 4.78 is 5.36. The number of methoxy groups -OCH3 is 1. The van der Waals surface area contributed by atoms with Gasteiger partial charge in [-0.05, 0) is 23.8 Å². The number of nitrogen functional groups attached to an aromatic ring is 2. The van der Waals surface area contributed by atoms with Crippen LogP contribution in [0.1, 0.15) is 11.1 Å². The van der Waals surface area contributed by atoms with Crippen molar-refractivity contribution >= 4 is 11.6 Å². The number of anilines is 2. The molecule has 23 heavy (non-hydrogen) atoms. The molecule has 0 amide bonds. The van der Waals surface area contributed by atoms with Crippen molar-refractivity contribution in [3.05, 3.63) is 59.8 Å². The van der Waals surface area contributed by atoms with Crippen molar-refractivity contribution in [1.29, 1.82) is 0 Å². The summed E-state index contributed by atoms with van der Waals surface area (Å²) in [5, 5.41) is 0. The third kappa shape index (κ3) is 3.06. The quantitative estimate of drug-likeness (QED) is 0.767. The second-order valence-electron chi connectivity index (χ2n) is 5.00. The Labute approximate surface area is 134 Å². The minimum Gasteiger partial charge on any atom is -0.496 e. The van der Waals surface area contributed by atoms with Crippen LogP contribution in [0.4, 0.5) is 11.6 Å². The van der Waals surface area contributed by atoms with E-state index in [9.17, 15) is 0 Å². The van der Waals surface area contributed by atoms with E-state index in [2.05, 4.69) is 15.0 Å². The van der Waals surface area contributed by atoms with Crippen LogP contribution >= 0.6 is 0 Å². The number of rotatable bonds is 4. The van der Waals surface area contributed by atoms with E-state index in [1.54, 1.807) is 13.3 Å². The number of aromatic nitrogens is 3. The normalized spacial score (nSPS) is 10.5. The molecule has 116 valence electrons. The van der Waals surface area contributed by atoms with E-state index >= 15 is 0 Å². The Morgan fingerprint density at radius 3 is 2.30 bits per heavy atom. The molecule has 0 spiro atoms. The van der Waals surface area contributed by atoms with Crippen molar-refractivity contribution in [2.75, 3.05) is 18.6 Å². The number of nitrogens with two attached hydrogens (primary N) is 2. The maximum atomic E-state index is 6.10. The van der Waals surface area contributed by atoms with Crippen molar-refractivity contribution in [1.82, 2.24) is 15.0 Å². The number of ether oxygens (including phenoxy) is 1. The van der Waals surface area contributed by atoms with Gasteiger partial charge in [0.25, 0.3) is 0 Å². The number of pyridine rings is 1. The van der Waals surface area contributed by atoms with E-state index in [4.69, 9.17) is 16.2 Å². The lowest BCUT2D eigenvalue weighted by Crippen LogP contribution is -2.08. The molecule has 0 fully saturated rings. The Kier molecular flexibility index (Phi) is 4.05. The fraction of sp³-hybridized carbons (Fsp3) is 0.118. The summed E-state index contributed by atoms with van der Waals surface area (Å²) in [6.45, 7) is 0. The molecule has 3 aromatic rings. The zero-order chi connectivity index (χ0) is 16.2. The molecule has 0 unspecified atom stereocenters. The van der Waals surface area contributed by atoms with E-state index < -0.39 is 0 Å². The highest BCUT2D eigenvalue weighted by Crippen LogP contribution is 2.27. The highest BCUT2D eigenvalue weighted by molar-refractivity contribution is 5.62. The van der Waals surface area contributed by atoms with Crippen molar-refractivity contribution in [3.63, 3.8) is 0 Å². The van der Waals surface area contributed by atoms with Gasteiger partial charge in [0, 0.05) is 18.2 Å². The monoisotopic (exact) mass is 307 g/mol. The predicted octanol–water partition coefficient (Wildman–Crippen LogP) is 2.30. The summed E-state index contributed by atoms with van der Waals surface area (Å²) in [6, 6.07) is 13.2. The van der Waals surface area contributed by atoms with Gasteiger partial charge in [0.05, 0.1) is 7.11 Å². The number of nitrogens with zero attached hydrogens (tertiary/aromatic N) is 3. The Hall–Kier alpha value is -3.15. The molecule has 0 atom stereocenters. The fourth-order valence-electron chi connectivity index (χ4n) is 2.35. The minimum absolute atomic E-state index is 0.351. The van der Waals surface area contributed by atoms with E-state index in [0.29, 0.717) is 35.1 Å². The second kappa shape index (κ2) is 6.31. The molecule has 4 N–H and O–H groups in total. The number of para-hydroxylation sites is 1. The largest absolute Gasteiger partial charge is 0.496 e. The number of hydrogen-bond donors (Lipinski definition) is 2. The molecule has 0 saturated carbocycles. The standard InChI is InChI=1S/C17H17N5O/c1-23-14-8-3-2-6-11(14)10-12-15(18)21-17(22-16(12)19)13-7-4-5-9-20-13/h2-9H,10H2,1H3,(H4,18,19,21,22). The first-order valence-electron chi connectivity index (χ1n) is 7.14. The Morgan fingerprint density at radius 1 is 0.957 bits per heavy atom. The van der Waals surface area contributed by atoms with Crippen molar-refractivity contribution < 1.29 is 4.74 Å². The Morgan fingerprint density at radius 2 is 1.65 bits per heavy atom. The fourth-order valence-corrected chi connectivity index (χ4v) is 2.35. The molecule has 0 aliphatic carbocycles. The van der Waals surface area contributed by atoms with Gasteiger partial charge in [-0.3, -0.25) is 4.98 Å². The molecule has 6 nitrogen and oxygen atoms in total. The summed E-state index contributed by atoms with van der Waals surface area (Å²) in [7, 11) is 1.63. The topological polar surface area (TPSA) is 99.9 Å². The maximum Gasteiger partial charge on any atom is 0.182 e. The molecule has 0 aliphatic heterocycles. The minimum atomic E-state index is 0.351. The van der Waals surface area contributed by atoms with Crippen LogP contribution in [0.15, 0.2) is 48.7 Å². The molecule has 0 radical (unpaired) electrons. The van der Waals surface area contributed by atoms with Crippen LogP contribution in [0.25, 0.3) is 11.5 Å². The summed E-state index contributed by atoms with van der Waals surface area (Å²) in [4.78, 5) is 12.9. The molecule has 0 saturated heterocycles. The zero-order valence-corrected chi connectivity index (χ0v) is 12.7. The van der Waals surface area contributed by atoms with Crippen LogP contribution in [-0.2, 0) is 6.42 Å². The molecular formula is C17H17N5O. The van der Waals surface area contributed by atoms with Gasteiger partial charge in [-0.15, -0.1) is 0 Å². The smallest absolute Gasteiger partial charge is 0.182 e. The highest BCUT2D eigenvalue weighted by Gasteiger charge is 2.14. The van der Waals surface area contributed by atoms with Crippen molar-refractivity contribution in [2.45, 2.75) is 6.42 Å². The van der Waals surface area contributed by atoms with E-state index in [1.165, 1.54) is 0 Å². The van der Waals surface area contributed by atoms with Crippen molar-refractivity contribution in [2.24, 2.45) is 0 Å². The molecule has 2 aromatic heterocycles. The van der Waals surface area contributed by atoms with Gasteiger partial charge in [-0.25, -0.2) is 9.97 Å². The lowest BCUT2D eigenvalue weighted by Gasteiger charge is -2.12. The average Bonchev–Trinajstić information content (AvgIpc) is 2.59. The average molecular weight is 307 g/mol. The van der Waals surface area contributed by atoms with Crippen LogP contribution in [-0.4, -0.2) is 22.1 Å². The van der Waals surface area contributed by atoms with Gasteiger partial charge < -0.3 is 16.2 Å². The van der Waals surface area contributed by atoms with E-state index in [1.807, 2.05) is 42.5 Å². The van der Waals surface area contributed by atoms with Gasteiger partial charge in [-0.2, -0.15) is 0 Å². The van der Waals surface area contributed by atoms with Crippen LogP contribution in [0, 0.1) is 0 Å². The highest BCUT2D eigenvalue weighted by atomic mass is 16.5. The maximum absolute atomic E-state index is 6.10. The Bertz CT molecular complexity index is 797. The van der Waals surface area contributed by atoms with E-state index in [-0.39, 0.29) is 0 Å². The number of hydrogen-bond acceptors (Lipinski definition) is 6. The van der Waals surface area contributed by atoms with E-state index in [0.717, 1.165) is 11.3 Å². The zero-order valence-electron chi connectivity index (χ0n) is 12.7. The van der Waals surface area contributed by atoms with Gasteiger partial charge >= 0.3 is 0 Å². The predicted molar refractivity (Wildman–Crippen MR) is 89.9 cm³/mol. The lowest BCUT2D eigenvalue weighted by molar-refractivity contribution is 0.410. The first-order valence-corrected chi connectivity index (χ1v) is 7.14. The van der Waals surface area contributed by atoms with Crippen LogP contribution in [0.2, 0.25) is 0 Å². The molecule has 3 rings (SSSR count). The Balaban J connectivity index is 1.98. The first kappa shape index (κ1) is 14.8. The number of benzene rings is 1. The van der Waals surface area contributed by atoms with Crippen LogP contribution in [0.5, 0.6) is 5.75 Å². The van der Waals surface area contributed by atoms with Gasteiger partial charge in [0.15, 0.2) is 5.82 Å². The van der Waals surface area contributed by atoms with Gasteiger partial charge in [0.2, 0.25) is 0 Å². The van der Waals surface area contributed by atoms with Crippen LogP contribution in [0.3, 0.4) is 0 Å². The molecule has 0 bridgehead atoms. The molecule has 6 heteroatoms. The summed E-state index contributed by atoms with van der Waals surface area (Å²) in [5.74, 6) is 1.90. The third-order valence-electron chi connectivity index (χ3n) is 3.52. The van der Waals surface area contributed by atoms with Crippen molar-refractivity contribution in [3.8, 4) is 17.3 Å². The van der Waals surface area contributed by atoms with Gasteiger partial charge in [0.1, 0.15) is 23.1 Å². The summed E-state index contributed by atoms with van der Waals surface area (Å²) in [5.41, 5.74) is 14.5. The second-order valence-corrected chi connectivity index (χ2v) is 5.00. The molecule has 2 heterocycles. The van der Waals surface area contributed by atoms with Gasteiger partial charge in [-0.1, -0.05) is 24.3 Å². The lowest BCUT2D eigenvalue weighted by atomic mass is 10.0. The third-order valence-corrected chi connectivity index (χ3v) is 3.52. The molecular weight excluding hydrogens is 290 g/mol. The summed E-state index contributed by atoms with van der Waals surface area (Å²) >= 11 is 0. The summed E-state index contributed by atoms with van der Waals surface area (Å²) in [6.07, 6.45) is 2.18. The SMILES string of the molecule is COc1ccccc1Cc1c(N)nc(-c2ccccn2)nc1N. The first-order chi connectivity index (χ1) is 11.2. The molecule has 0 aliphatic rings. The van der Waals surface area contributed by atoms with Crippen LogP contribution < -0.4 is 16.2 Å².